The molecule has 6 atom stereocenters. The Morgan fingerprint density at radius 1 is 0.903 bits per heavy atom. The van der Waals surface area contributed by atoms with Gasteiger partial charge in [0, 0.05) is 34.6 Å². The summed E-state index contributed by atoms with van der Waals surface area (Å²) in [5.74, 6) is -3.46. The summed E-state index contributed by atoms with van der Waals surface area (Å²) in [5, 5.41) is 63.0. The lowest BCUT2D eigenvalue weighted by atomic mass is 9.66. The summed E-state index contributed by atoms with van der Waals surface area (Å²) >= 11 is 6.33. The van der Waals surface area contributed by atoms with Crippen LogP contribution in [0.3, 0.4) is 0 Å². The molecule has 168 valence electrons. The molecular formula is C24H29ClO6. The van der Waals surface area contributed by atoms with Crippen molar-refractivity contribution in [3.8, 4) is 0 Å². The number of halogens is 1. The van der Waals surface area contributed by atoms with Crippen molar-refractivity contribution in [2.75, 3.05) is 6.61 Å². The van der Waals surface area contributed by atoms with Gasteiger partial charge in [0.2, 0.25) is 5.79 Å². The standard InChI is InChI=1S/C24H29ClO6/c1-12-17(11-26)21(27)23(29)22(28)20(12)15-6-9-19(25)18(10-15)24(30,31)16-7-4-14(5-8-16)13-2-3-13/h4-10,12-13,17,20-23,26-31H,2-3,11H2,1H3. The van der Waals surface area contributed by atoms with Gasteiger partial charge in [-0.25, -0.2) is 0 Å². The Kier molecular flexibility index (Phi) is 6.18. The minimum Gasteiger partial charge on any atom is -0.396 e. The first-order chi connectivity index (χ1) is 14.7. The van der Waals surface area contributed by atoms with Crippen molar-refractivity contribution in [3.63, 3.8) is 0 Å². The fourth-order valence-electron chi connectivity index (χ4n) is 4.91. The quantitative estimate of drug-likeness (QED) is 0.388. The molecule has 2 fully saturated rings. The fraction of sp³-hybridized carbons (Fsp3) is 0.500. The molecule has 0 radical (unpaired) electrons. The molecule has 2 saturated carbocycles. The molecule has 0 aliphatic heterocycles. The molecule has 0 saturated heterocycles. The summed E-state index contributed by atoms with van der Waals surface area (Å²) in [6.07, 6.45) is -1.67. The first kappa shape index (κ1) is 22.7. The van der Waals surface area contributed by atoms with Gasteiger partial charge in [0.05, 0.1) is 12.2 Å². The van der Waals surface area contributed by atoms with Crippen molar-refractivity contribution >= 4 is 11.6 Å². The van der Waals surface area contributed by atoms with Crippen LogP contribution in [0.2, 0.25) is 5.02 Å². The molecule has 2 aliphatic rings. The lowest BCUT2D eigenvalue weighted by Gasteiger charge is -2.45. The van der Waals surface area contributed by atoms with Gasteiger partial charge in [-0.1, -0.05) is 48.9 Å². The first-order valence-corrected chi connectivity index (χ1v) is 11.0. The molecule has 2 aromatic carbocycles. The molecule has 6 unspecified atom stereocenters. The van der Waals surface area contributed by atoms with Crippen LogP contribution in [0.1, 0.15) is 53.9 Å². The highest BCUT2D eigenvalue weighted by Crippen LogP contribution is 2.44. The lowest BCUT2D eigenvalue weighted by molar-refractivity contribution is -0.147. The second-order valence-corrected chi connectivity index (χ2v) is 9.42. The van der Waals surface area contributed by atoms with Gasteiger partial charge < -0.3 is 30.6 Å². The van der Waals surface area contributed by atoms with E-state index in [-0.39, 0.29) is 28.7 Å². The molecule has 0 spiro atoms. The van der Waals surface area contributed by atoms with E-state index in [1.165, 1.54) is 17.7 Å². The number of hydrogen-bond donors (Lipinski definition) is 6. The van der Waals surface area contributed by atoms with E-state index in [0.717, 1.165) is 12.8 Å². The van der Waals surface area contributed by atoms with Crippen molar-refractivity contribution in [2.24, 2.45) is 11.8 Å². The van der Waals surface area contributed by atoms with Crippen molar-refractivity contribution in [1.82, 2.24) is 0 Å². The van der Waals surface area contributed by atoms with E-state index < -0.39 is 35.9 Å². The van der Waals surface area contributed by atoms with E-state index in [0.29, 0.717) is 11.5 Å². The number of aliphatic hydroxyl groups is 6. The molecule has 4 rings (SSSR count). The van der Waals surface area contributed by atoms with Crippen LogP contribution in [0.15, 0.2) is 42.5 Å². The largest absolute Gasteiger partial charge is 0.396 e. The predicted octanol–water partition coefficient (Wildman–Crippen LogP) is 1.83. The molecule has 6 N–H and O–H groups in total. The van der Waals surface area contributed by atoms with Crippen LogP contribution in [0.25, 0.3) is 0 Å². The van der Waals surface area contributed by atoms with Gasteiger partial charge in [-0.3, -0.25) is 0 Å². The highest BCUT2D eigenvalue weighted by Gasteiger charge is 2.48. The van der Waals surface area contributed by atoms with E-state index in [1.54, 1.807) is 25.1 Å². The normalized spacial score (nSPS) is 31.6. The first-order valence-electron chi connectivity index (χ1n) is 10.7. The highest BCUT2D eigenvalue weighted by molar-refractivity contribution is 6.31. The van der Waals surface area contributed by atoms with Crippen LogP contribution in [0, 0.1) is 11.8 Å². The molecule has 31 heavy (non-hydrogen) atoms. The van der Waals surface area contributed by atoms with E-state index >= 15 is 0 Å². The SMILES string of the molecule is CC1C(CO)C(O)C(O)C(O)C1c1ccc(Cl)c(C(O)(O)c2ccc(C3CC3)cc2)c1. The molecular weight excluding hydrogens is 420 g/mol. The lowest BCUT2D eigenvalue weighted by Crippen LogP contribution is -2.55. The average Bonchev–Trinajstić information content (AvgIpc) is 3.59. The van der Waals surface area contributed by atoms with Crippen LogP contribution < -0.4 is 0 Å². The summed E-state index contributed by atoms with van der Waals surface area (Å²) < 4.78 is 0. The van der Waals surface area contributed by atoms with Crippen molar-refractivity contribution in [2.45, 2.75) is 55.7 Å². The van der Waals surface area contributed by atoms with Gasteiger partial charge in [0.1, 0.15) is 6.10 Å². The topological polar surface area (TPSA) is 121 Å². The van der Waals surface area contributed by atoms with Crippen molar-refractivity contribution < 1.29 is 30.6 Å². The van der Waals surface area contributed by atoms with Gasteiger partial charge >= 0.3 is 0 Å². The van der Waals surface area contributed by atoms with Crippen molar-refractivity contribution in [1.29, 1.82) is 0 Å². The number of aliphatic hydroxyl groups excluding tert-OH is 4. The zero-order chi connectivity index (χ0) is 22.5. The highest BCUT2D eigenvalue weighted by atomic mass is 35.5. The second-order valence-electron chi connectivity index (χ2n) is 9.01. The fourth-order valence-corrected chi connectivity index (χ4v) is 5.16. The molecule has 0 amide bonds. The Morgan fingerprint density at radius 2 is 1.52 bits per heavy atom. The van der Waals surface area contributed by atoms with Crippen LogP contribution in [-0.2, 0) is 5.79 Å². The van der Waals surface area contributed by atoms with Crippen LogP contribution in [-0.4, -0.2) is 55.6 Å². The Bertz CT molecular complexity index is 926. The Morgan fingerprint density at radius 3 is 2.10 bits per heavy atom. The molecule has 0 heterocycles. The third-order valence-corrected chi connectivity index (χ3v) is 7.40. The van der Waals surface area contributed by atoms with Gasteiger partial charge in [-0.05, 0) is 47.9 Å². The van der Waals surface area contributed by atoms with Crippen molar-refractivity contribution in [3.05, 3.63) is 69.7 Å². The molecule has 2 aromatic rings. The third-order valence-electron chi connectivity index (χ3n) is 7.07. The Hall–Kier alpha value is -1.51. The summed E-state index contributed by atoms with van der Waals surface area (Å²) in [6, 6.07) is 11.8. The number of hydrogen-bond acceptors (Lipinski definition) is 6. The zero-order valence-corrected chi connectivity index (χ0v) is 18.0. The smallest absolute Gasteiger partial charge is 0.218 e. The maximum atomic E-state index is 11.0. The Balaban J connectivity index is 1.70. The predicted molar refractivity (Wildman–Crippen MR) is 116 cm³/mol. The third kappa shape index (κ3) is 4.02. The second kappa shape index (κ2) is 8.45. The maximum Gasteiger partial charge on any atom is 0.218 e. The van der Waals surface area contributed by atoms with E-state index in [2.05, 4.69) is 0 Å². The van der Waals surface area contributed by atoms with Gasteiger partial charge in [-0.15, -0.1) is 0 Å². The molecule has 6 nitrogen and oxygen atoms in total. The summed E-state index contributed by atoms with van der Waals surface area (Å²) in [6.45, 7) is 1.43. The zero-order valence-electron chi connectivity index (χ0n) is 17.3. The molecule has 0 bridgehead atoms. The minimum absolute atomic E-state index is 0.0615. The van der Waals surface area contributed by atoms with E-state index in [4.69, 9.17) is 11.6 Å². The summed E-state index contributed by atoms with van der Waals surface area (Å²) in [5.41, 5.74) is 2.04. The van der Waals surface area contributed by atoms with Crippen LogP contribution in [0.5, 0.6) is 0 Å². The Labute approximate surface area is 186 Å². The monoisotopic (exact) mass is 448 g/mol. The molecule has 0 aromatic heterocycles. The minimum atomic E-state index is -2.35. The van der Waals surface area contributed by atoms with E-state index in [9.17, 15) is 30.6 Å². The summed E-state index contributed by atoms with van der Waals surface area (Å²) in [4.78, 5) is 0. The molecule has 2 aliphatic carbocycles. The average molecular weight is 449 g/mol. The van der Waals surface area contributed by atoms with Gasteiger partial charge in [0.25, 0.3) is 0 Å². The van der Waals surface area contributed by atoms with Crippen LogP contribution in [0.4, 0.5) is 0 Å². The summed E-state index contributed by atoms with van der Waals surface area (Å²) in [7, 11) is 0. The van der Waals surface area contributed by atoms with Gasteiger partial charge in [0.15, 0.2) is 0 Å². The number of rotatable bonds is 5. The van der Waals surface area contributed by atoms with Gasteiger partial charge in [-0.2, -0.15) is 0 Å². The van der Waals surface area contributed by atoms with Crippen LogP contribution >= 0.6 is 11.6 Å². The van der Waals surface area contributed by atoms with E-state index in [1.807, 2.05) is 12.1 Å². The number of benzene rings is 2. The molecule has 7 heteroatoms. The maximum absolute atomic E-state index is 11.0.